The largest absolute Gasteiger partial charge is 0.545 e. The van der Waals surface area contributed by atoms with Crippen molar-refractivity contribution < 1.29 is 30.7 Å². The van der Waals surface area contributed by atoms with Gasteiger partial charge in [-0.25, -0.2) is 0 Å². The number of hydrogen-bond acceptors (Lipinski definition) is 2. The fourth-order valence-corrected chi connectivity index (χ4v) is 0.467. The minimum Gasteiger partial charge on any atom is -0.545 e. The molecule has 0 heterocycles. The molecule has 0 saturated carbocycles. The van der Waals surface area contributed by atoms with E-state index in [1.165, 1.54) is 0 Å². The number of carbonyl (C=O) groups is 1. The van der Waals surface area contributed by atoms with Crippen LogP contribution in [0.25, 0.3) is 0 Å². The topological polar surface area (TPSA) is 46.2 Å². The van der Waals surface area contributed by atoms with Crippen LogP contribution in [0.4, 0.5) is 0 Å². The SMILES string of the molecule is [CH-]=O.[CH2-]CC(=O)NC.[W].[c-]1ccccc1. The molecule has 1 aromatic carbocycles. The number of rotatable bonds is 1. The molecule has 1 amide bonds. The van der Waals surface area contributed by atoms with Crippen LogP contribution in [0.15, 0.2) is 30.3 Å². The molecule has 0 aromatic heterocycles. The van der Waals surface area contributed by atoms with Gasteiger partial charge in [-0.3, -0.25) is 11.6 Å². The molecule has 1 N–H and O–H groups in total. The monoisotopic (exact) mass is 376 g/mol. The number of nitrogens with one attached hydrogen (secondary N) is 1. The fourth-order valence-electron chi connectivity index (χ4n) is 0.467. The Kier molecular flexibility index (Phi) is 24.5. The summed E-state index contributed by atoms with van der Waals surface area (Å²) in [6, 6.07) is 12.5. The van der Waals surface area contributed by atoms with Crippen molar-refractivity contribution in [3.8, 4) is 0 Å². The molecule has 84 valence electrons. The van der Waals surface area contributed by atoms with Crippen molar-refractivity contribution in [2.45, 2.75) is 6.42 Å². The van der Waals surface area contributed by atoms with Crippen LogP contribution in [0.1, 0.15) is 6.42 Å². The van der Waals surface area contributed by atoms with E-state index in [2.05, 4.69) is 25.1 Å². The summed E-state index contributed by atoms with van der Waals surface area (Å²) in [6.45, 7) is 6.59. The van der Waals surface area contributed by atoms with Crippen LogP contribution in [0, 0.1) is 13.0 Å². The predicted molar refractivity (Wildman–Crippen MR) is 56.1 cm³/mol. The second-order valence-electron chi connectivity index (χ2n) is 2.00. The van der Waals surface area contributed by atoms with Gasteiger partial charge in [-0.15, -0.1) is 6.42 Å². The molecule has 1 aromatic rings. The van der Waals surface area contributed by atoms with Crippen LogP contribution in [0.5, 0.6) is 0 Å². The average molecular weight is 376 g/mol. The van der Waals surface area contributed by atoms with E-state index in [0.717, 1.165) is 0 Å². The zero-order chi connectivity index (χ0) is 11.2. The Balaban J connectivity index is -0.000000156. The van der Waals surface area contributed by atoms with E-state index in [1.807, 2.05) is 30.3 Å². The molecule has 3 nitrogen and oxygen atoms in total. The maximum absolute atomic E-state index is 10.0. The van der Waals surface area contributed by atoms with Crippen molar-refractivity contribution in [2.24, 2.45) is 0 Å². The molecule has 0 spiro atoms. The normalized spacial score (nSPS) is 6.53. The smallest absolute Gasteiger partial charge is 0.189 e. The number of hydrogen-bond donors (Lipinski definition) is 1. The van der Waals surface area contributed by atoms with Crippen molar-refractivity contribution in [1.82, 2.24) is 5.32 Å². The first kappa shape index (κ1) is 19.6. The molecule has 0 fully saturated rings. The van der Waals surface area contributed by atoms with Gasteiger partial charge in [0.05, 0.1) is 0 Å². The summed E-state index contributed by atoms with van der Waals surface area (Å²) in [4.78, 5) is 17.8. The average Bonchev–Trinajstić information content (AvgIpc) is 2.33. The molecule has 4 heteroatoms. The molecule has 1 rings (SSSR count). The molecule has 15 heavy (non-hydrogen) atoms. The second kappa shape index (κ2) is 18.8. The van der Waals surface area contributed by atoms with Crippen LogP contribution < -0.4 is 5.32 Å². The molecule has 0 atom stereocenters. The van der Waals surface area contributed by atoms with Crippen molar-refractivity contribution >= 4 is 12.7 Å². The van der Waals surface area contributed by atoms with Crippen LogP contribution in [0.3, 0.4) is 0 Å². The first-order valence-corrected chi connectivity index (χ1v) is 3.95. The van der Waals surface area contributed by atoms with Gasteiger partial charge in [-0.05, 0) is 0 Å². The second-order valence-corrected chi connectivity index (χ2v) is 2.00. The minimum absolute atomic E-state index is 0. The van der Waals surface area contributed by atoms with Gasteiger partial charge in [0.1, 0.15) is 0 Å². The third kappa shape index (κ3) is 19.5. The number of amides is 1. The molecule has 0 radical (unpaired) electrons. The number of carbonyl (C=O) groups excluding carboxylic acids is 2. The zero-order valence-corrected chi connectivity index (χ0v) is 11.5. The summed E-state index contributed by atoms with van der Waals surface area (Å²) in [6.07, 6.45) is 0.330. The van der Waals surface area contributed by atoms with Gasteiger partial charge in [0.25, 0.3) is 0 Å². The summed E-state index contributed by atoms with van der Waals surface area (Å²) >= 11 is 0. The van der Waals surface area contributed by atoms with E-state index in [0.29, 0.717) is 6.42 Å². The first-order valence-electron chi connectivity index (χ1n) is 3.95. The van der Waals surface area contributed by atoms with Gasteiger partial charge in [0.2, 0.25) is 0 Å². The molecule has 0 aliphatic heterocycles. The Morgan fingerprint density at radius 1 is 1.33 bits per heavy atom. The van der Waals surface area contributed by atoms with Crippen LogP contribution in [-0.4, -0.2) is 19.7 Å². The quantitative estimate of drug-likeness (QED) is 0.591. The van der Waals surface area contributed by atoms with E-state index >= 15 is 0 Å². The van der Waals surface area contributed by atoms with Gasteiger partial charge < -0.3 is 17.0 Å². The van der Waals surface area contributed by atoms with Gasteiger partial charge in [0.15, 0.2) is 5.91 Å². The van der Waals surface area contributed by atoms with Crippen molar-refractivity contribution in [2.75, 3.05) is 7.05 Å². The first-order chi connectivity index (χ1) is 6.81. The molecule has 0 aliphatic carbocycles. The van der Waals surface area contributed by atoms with E-state index in [1.54, 1.807) is 7.05 Å². The van der Waals surface area contributed by atoms with Crippen LogP contribution in [-0.2, 0) is 30.7 Å². The molecular weight excluding hydrogens is 362 g/mol. The molecule has 0 unspecified atom stereocenters. The third-order valence-corrected chi connectivity index (χ3v) is 1.11. The molecule has 0 saturated heterocycles. The Labute approximate surface area is 106 Å². The van der Waals surface area contributed by atoms with E-state index in [9.17, 15) is 4.79 Å². The summed E-state index contributed by atoms with van der Waals surface area (Å²) in [7, 11) is 1.59. The van der Waals surface area contributed by atoms with Crippen LogP contribution in [0.2, 0.25) is 0 Å². The Bertz CT molecular complexity index is 184. The van der Waals surface area contributed by atoms with Gasteiger partial charge in [0, 0.05) is 28.1 Å². The standard InChI is InChI=1S/C6H5.C4H8NO.CHO.W/c1-2-4-6-5-3-1;1-3-4(6)5-2;1-2;/h1-5H;1,3H2,2H3,(H,5,6);1H;/q3*-1;. The summed E-state index contributed by atoms with van der Waals surface area (Å²) in [5, 5.41) is 2.41. The fraction of sp³-hybridized carbons (Fsp3) is 0.182. The third-order valence-electron chi connectivity index (χ3n) is 1.11. The van der Waals surface area contributed by atoms with E-state index in [4.69, 9.17) is 4.79 Å². The maximum Gasteiger partial charge on any atom is 0.189 e. The number of benzene rings is 1. The minimum atomic E-state index is -0.0185. The van der Waals surface area contributed by atoms with Gasteiger partial charge >= 0.3 is 0 Å². The van der Waals surface area contributed by atoms with Crippen LogP contribution >= 0.6 is 0 Å². The van der Waals surface area contributed by atoms with E-state index in [-0.39, 0.29) is 27.0 Å². The summed E-state index contributed by atoms with van der Waals surface area (Å²) in [5.74, 6) is -0.0185. The zero-order valence-electron chi connectivity index (χ0n) is 8.60. The van der Waals surface area contributed by atoms with E-state index < -0.39 is 0 Å². The predicted octanol–water partition coefficient (Wildman–Crippen LogP) is 1.17. The van der Waals surface area contributed by atoms with Crippen molar-refractivity contribution in [1.29, 1.82) is 0 Å². The summed E-state index contributed by atoms with van der Waals surface area (Å²) in [5.41, 5.74) is 0. The Morgan fingerprint density at radius 2 is 1.80 bits per heavy atom. The Morgan fingerprint density at radius 3 is 1.87 bits per heavy atom. The van der Waals surface area contributed by atoms with Gasteiger partial charge in [-0.2, -0.15) is 36.4 Å². The van der Waals surface area contributed by atoms with Crippen molar-refractivity contribution in [3.63, 3.8) is 0 Å². The maximum atomic E-state index is 10.0. The summed E-state index contributed by atoms with van der Waals surface area (Å²) < 4.78 is 0. The molecule has 0 aliphatic rings. The molecular formula is C11H14NO2W-3. The Hall–Kier alpha value is -0.952. The van der Waals surface area contributed by atoms with Crippen molar-refractivity contribution in [3.05, 3.63) is 43.3 Å². The van der Waals surface area contributed by atoms with Gasteiger partial charge in [-0.1, -0.05) is 0 Å². The molecule has 0 bridgehead atoms.